The summed E-state index contributed by atoms with van der Waals surface area (Å²) in [7, 11) is -3.79. The van der Waals surface area contributed by atoms with Crippen molar-refractivity contribution < 1.29 is 8.42 Å². The molecule has 0 amide bonds. The molecule has 0 unspecified atom stereocenters. The summed E-state index contributed by atoms with van der Waals surface area (Å²) >= 11 is 0. The fourth-order valence-electron chi connectivity index (χ4n) is 7.57. The van der Waals surface area contributed by atoms with Crippen LogP contribution in [0, 0.1) is 11.3 Å². The molecule has 49 heavy (non-hydrogen) atoms. The number of hydrogen-bond acceptors (Lipinski definition) is 4. The smallest absolute Gasteiger partial charge is 0.206 e. The van der Waals surface area contributed by atoms with Crippen LogP contribution < -0.4 is 10.6 Å². The van der Waals surface area contributed by atoms with Crippen molar-refractivity contribution in [3.8, 4) is 17.4 Å². The summed E-state index contributed by atoms with van der Waals surface area (Å²) in [6, 6.07) is 46.7. The van der Waals surface area contributed by atoms with Gasteiger partial charge in [-0.25, -0.2) is 13.4 Å². The monoisotopic (exact) mass is 648 g/mol. The van der Waals surface area contributed by atoms with Gasteiger partial charge in [0.2, 0.25) is 9.84 Å². The number of para-hydroxylation sites is 3. The SMILES string of the molecule is N#Cc1ccc(S(=O)(=O)c2ccc(-n3c4c(c5c3ccc3c6ccccc6n(-c6ccccc6)c35)C=C3N=c5ccccc5=C34)cc2)cc1. The van der Waals surface area contributed by atoms with Gasteiger partial charge in [0, 0.05) is 43.9 Å². The van der Waals surface area contributed by atoms with Gasteiger partial charge >= 0.3 is 0 Å². The molecule has 0 saturated heterocycles. The van der Waals surface area contributed by atoms with Gasteiger partial charge in [0.25, 0.3) is 0 Å². The number of rotatable bonds is 4. The predicted molar refractivity (Wildman–Crippen MR) is 192 cm³/mol. The molecule has 0 atom stereocenters. The van der Waals surface area contributed by atoms with Gasteiger partial charge in [0.05, 0.1) is 54.7 Å². The van der Waals surface area contributed by atoms with Crippen LogP contribution in [0.2, 0.25) is 0 Å². The molecule has 230 valence electrons. The van der Waals surface area contributed by atoms with Gasteiger partial charge in [-0.15, -0.1) is 0 Å². The molecule has 1 aliphatic heterocycles. The van der Waals surface area contributed by atoms with Crippen molar-refractivity contribution >= 4 is 54.2 Å². The lowest BCUT2D eigenvalue weighted by molar-refractivity contribution is 0.596. The van der Waals surface area contributed by atoms with Crippen LogP contribution in [0.4, 0.5) is 0 Å². The van der Waals surface area contributed by atoms with Crippen LogP contribution in [0.25, 0.3) is 55.7 Å². The summed E-state index contributed by atoms with van der Waals surface area (Å²) in [6.45, 7) is 0. The molecule has 0 bridgehead atoms. The second-order valence-electron chi connectivity index (χ2n) is 12.3. The van der Waals surface area contributed by atoms with Gasteiger partial charge in [0.1, 0.15) is 0 Å². The van der Waals surface area contributed by atoms with E-state index in [2.05, 4.69) is 81.9 Å². The van der Waals surface area contributed by atoms with E-state index < -0.39 is 9.84 Å². The summed E-state index contributed by atoms with van der Waals surface area (Å²) in [4.78, 5) is 5.38. The zero-order chi connectivity index (χ0) is 32.9. The standard InChI is InChI=1S/C42H24N4O2S/c43-25-26-14-18-29(19-15-26)49(47,48)30-20-16-28(17-21-30)46-38-23-22-32-31-10-5-7-13-37(31)45(27-8-2-1-3-9-27)41(32)40(38)34-24-36-39(42(34)46)33-11-4-6-12-35(33)44-36/h1-24H. The number of nitriles is 1. The molecule has 10 rings (SSSR count). The van der Waals surface area contributed by atoms with Gasteiger partial charge in [0.15, 0.2) is 0 Å². The van der Waals surface area contributed by atoms with Crippen molar-refractivity contribution in [1.29, 1.82) is 5.26 Å². The van der Waals surface area contributed by atoms with E-state index in [0.29, 0.717) is 5.56 Å². The molecule has 0 fully saturated rings. The van der Waals surface area contributed by atoms with E-state index in [9.17, 15) is 13.7 Å². The Hall–Kier alpha value is -6.49. The molecule has 3 heterocycles. The van der Waals surface area contributed by atoms with Crippen LogP contribution in [0.5, 0.6) is 0 Å². The second-order valence-corrected chi connectivity index (χ2v) is 14.3. The van der Waals surface area contributed by atoms with Crippen LogP contribution in [0.3, 0.4) is 0 Å². The van der Waals surface area contributed by atoms with E-state index in [1.807, 2.05) is 42.5 Å². The molecular formula is C42H24N4O2S. The largest absolute Gasteiger partial charge is 0.309 e. The zero-order valence-corrected chi connectivity index (χ0v) is 26.7. The highest BCUT2D eigenvalue weighted by Crippen LogP contribution is 2.47. The number of allylic oxidation sites excluding steroid dienone is 1. The number of benzene rings is 6. The van der Waals surface area contributed by atoms with E-state index in [-0.39, 0.29) is 9.79 Å². The van der Waals surface area contributed by atoms with Crippen LogP contribution in [-0.4, -0.2) is 17.6 Å². The summed E-state index contributed by atoms with van der Waals surface area (Å²) in [5.41, 5.74) is 9.74. The highest BCUT2D eigenvalue weighted by atomic mass is 32.2. The van der Waals surface area contributed by atoms with Crippen LogP contribution in [0.1, 0.15) is 16.8 Å². The summed E-state index contributed by atoms with van der Waals surface area (Å²) < 4.78 is 31.8. The number of nitrogens with zero attached hydrogens (tertiary/aromatic N) is 4. The third-order valence-electron chi connectivity index (χ3n) is 9.71. The molecule has 6 aromatic carbocycles. The zero-order valence-electron chi connectivity index (χ0n) is 25.9. The molecule has 0 saturated carbocycles. The van der Waals surface area contributed by atoms with Crippen LogP contribution >= 0.6 is 0 Å². The van der Waals surface area contributed by atoms with Crippen molar-refractivity contribution in [3.05, 3.63) is 173 Å². The van der Waals surface area contributed by atoms with Crippen molar-refractivity contribution in [3.63, 3.8) is 0 Å². The van der Waals surface area contributed by atoms with Crippen molar-refractivity contribution in [2.75, 3.05) is 0 Å². The first-order valence-electron chi connectivity index (χ1n) is 16.0. The van der Waals surface area contributed by atoms with Gasteiger partial charge in [-0.1, -0.05) is 60.7 Å². The highest BCUT2D eigenvalue weighted by molar-refractivity contribution is 7.91. The molecule has 2 aliphatic rings. The molecule has 0 N–H and O–H groups in total. The second kappa shape index (κ2) is 10.0. The molecule has 1 aliphatic carbocycles. The fraction of sp³-hybridized carbons (Fsp3) is 0. The van der Waals surface area contributed by atoms with E-state index >= 15 is 0 Å². The number of sulfone groups is 1. The first-order chi connectivity index (χ1) is 24.0. The predicted octanol–water partition coefficient (Wildman–Crippen LogP) is 7.62. The van der Waals surface area contributed by atoms with E-state index in [4.69, 9.17) is 4.99 Å². The third kappa shape index (κ3) is 3.80. The maximum Gasteiger partial charge on any atom is 0.206 e. The molecule has 8 aromatic rings. The highest BCUT2D eigenvalue weighted by Gasteiger charge is 2.32. The van der Waals surface area contributed by atoms with Gasteiger partial charge in [-0.2, -0.15) is 5.26 Å². The van der Waals surface area contributed by atoms with Crippen LogP contribution in [0.15, 0.2) is 160 Å². The van der Waals surface area contributed by atoms with Crippen molar-refractivity contribution in [1.82, 2.24) is 9.13 Å². The minimum Gasteiger partial charge on any atom is -0.309 e. The van der Waals surface area contributed by atoms with Crippen LogP contribution in [-0.2, 0) is 9.84 Å². The first kappa shape index (κ1) is 27.6. The lowest BCUT2D eigenvalue weighted by Gasteiger charge is -2.13. The van der Waals surface area contributed by atoms with Gasteiger partial charge < -0.3 is 9.13 Å². The average molecular weight is 649 g/mol. The molecule has 2 aromatic heterocycles. The quantitative estimate of drug-likeness (QED) is 0.197. The summed E-state index contributed by atoms with van der Waals surface area (Å²) in [5, 5.41) is 14.7. The lowest BCUT2D eigenvalue weighted by atomic mass is 10.1. The maximum atomic E-state index is 13.6. The normalized spacial score (nSPS) is 13.3. The van der Waals surface area contributed by atoms with E-state index in [1.54, 1.807) is 12.1 Å². The van der Waals surface area contributed by atoms with Crippen molar-refractivity contribution in [2.24, 2.45) is 4.99 Å². The lowest BCUT2D eigenvalue weighted by Crippen LogP contribution is -2.22. The Morgan fingerprint density at radius 1 is 0.612 bits per heavy atom. The molecule has 0 radical (unpaired) electrons. The number of hydrogen-bond donors (Lipinski definition) is 0. The molecule has 6 nitrogen and oxygen atoms in total. The minimum atomic E-state index is -3.79. The number of aromatic nitrogens is 2. The third-order valence-corrected chi connectivity index (χ3v) is 11.5. The Morgan fingerprint density at radius 3 is 2.06 bits per heavy atom. The van der Waals surface area contributed by atoms with Gasteiger partial charge in [-0.3, -0.25) is 0 Å². The van der Waals surface area contributed by atoms with E-state index in [0.717, 1.165) is 71.8 Å². The summed E-state index contributed by atoms with van der Waals surface area (Å²) in [5.74, 6) is 0. The number of fused-ring (bicyclic) bond motifs is 10. The Balaban J connectivity index is 1.28. The topological polar surface area (TPSA) is 80.1 Å². The molecule has 7 heteroatoms. The Labute approximate surface area is 281 Å². The first-order valence-corrected chi connectivity index (χ1v) is 17.4. The minimum absolute atomic E-state index is 0.149. The molecular weight excluding hydrogens is 625 g/mol. The molecule has 0 spiro atoms. The Kier molecular flexibility index (Phi) is 5.64. The summed E-state index contributed by atoms with van der Waals surface area (Å²) in [6.07, 6.45) is 2.21. The van der Waals surface area contributed by atoms with E-state index in [1.165, 1.54) is 29.7 Å². The van der Waals surface area contributed by atoms with Crippen molar-refractivity contribution in [2.45, 2.75) is 9.79 Å². The Bertz CT molecular complexity index is 3040. The fourth-order valence-corrected chi connectivity index (χ4v) is 8.83. The van der Waals surface area contributed by atoms with Gasteiger partial charge in [-0.05, 0) is 84.9 Å². The maximum absolute atomic E-state index is 13.6. The average Bonchev–Trinajstić information content (AvgIpc) is 3.87. The Morgan fingerprint density at radius 2 is 1.29 bits per heavy atom.